The normalized spacial score (nSPS) is 23.7. The molecule has 0 radical (unpaired) electrons. The predicted octanol–water partition coefficient (Wildman–Crippen LogP) is 6.17. The van der Waals surface area contributed by atoms with Crippen LogP contribution in [0.4, 0.5) is 0 Å². The van der Waals surface area contributed by atoms with Crippen molar-refractivity contribution >= 4 is 55.0 Å². The lowest BCUT2D eigenvalue weighted by Crippen LogP contribution is -2.11. The maximum atomic E-state index is 6.40. The summed E-state index contributed by atoms with van der Waals surface area (Å²) in [4.78, 5) is 1.43. The topological polar surface area (TPSA) is 0 Å². The van der Waals surface area contributed by atoms with Crippen LogP contribution in [0.1, 0.15) is 16.4 Å². The zero-order valence-corrected chi connectivity index (χ0v) is 13.1. The summed E-state index contributed by atoms with van der Waals surface area (Å²) in [6.45, 7) is 0. The molecule has 0 amide bonds. The number of allylic oxidation sites excluding steroid dienone is 5. The van der Waals surface area contributed by atoms with Crippen LogP contribution in [0, 0.1) is 5.92 Å². The minimum atomic E-state index is 0.463. The molecule has 0 fully saturated rings. The van der Waals surface area contributed by atoms with Crippen molar-refractivity contribution in [2.24, 2.45) is 5.92 Å². The number of halogens is 2. The van der Waals surface area contributed by atoms with Crippen molar-refractivity contribution in [2.45, 2.75) is 5.92 Å². The average Bonchev–Trinajstić information content (AvgIpc) is 2.84. The molecule has 2 atom stereocenters. The van der Waals surface area contributed by atoms with Crippen molar-refractivity contribution in [1.29, 1.82) is 0 Å². The molecule has 3 heteroatoms. The van der Waals surface area contributed by atoms with Crippen molar-refractivity contribution in [3.63, 3.8) is 0 Å². The Morgan fingerprint density at radius 2 is 1.95 bits per heavy atom. The van der Waals surface area contributed by atoms with Gasteiger partial charge in [0.15, 0.2) is 0 Å². The van der Waals surface area contributed by atoms with E-state index in [2.05, 4.69) is 52.4 Å². The first-order valence-electron chi connectivity index (χ1n) is 6.19. The Kier molecular flexibility index (Phi) is 2.73. The second kappa shape index (κ2) is 4.34. The zero-order chi connectivity index (χ0) is 13.0. The van der Waals surface area contributed by atoms with Gasteiger partial charge < -0.3 is 0 Å². The van der Waals surface area contributed by atoms with E-state index in [0.717, 1.165) is 9.50 Å². The van der Waals surface area contributed by atoms with E-state index in [-0.39, 0.29) is 0 Å². The number of thiophene rings is 1. The van der Waals surface area contributed by atoms with Gasteiger partial charge in [0, 0.05) is 31.6 Å². The van der Waals surface area contributed by atoms with E-state index < -0.39 is 0 Å². The van der Waals surface area contributed by atoms with Crippen LogP contribution in [-0.2, 0) is 0 Å². The summed E-state index contributed by atoms with van der Waals surface area (Å²) in [5, 5.41) is 2.03. The molecule has 0 saturated carbocycles. The van der Waals surface area contributed by atoms with Gasteiger partial charge >= 0.3 is 0 Å². The molecule has 19 heavy (non-hydrogen) atoms. The molecule has 0 bridgehead atoms. The molecular weight excluding hydrogens is 340 g/mol. The Bertz CT molecular complexity index is 767. The highest BCUT2D eigenvalue weighted by atomic mass is 79.9. The molecule has 0 aliphatic heterocycles. The average molecular weight is 350 g/mol. The highest BCUT2D eigenvalue weighted by Gasteiger charge is 2.28. The number of hydrogen-bond acceptors (Lipinski definition) is 1. The first-order valence-corrected chi connectivity index (χ1v) is 8.18. The third-order valence-electron chi connectivity index (χ3n) is 3.77. The van der Waals surface area contributed by atoms with E-state index in [1.165, 1.54) is 20.5 Å². The van der Waals surface area contributed by atoms with Crippen molar-refractivity contribution in [2.75, 3.05) is 0 Å². The van der Waals surface area contributed by atoms with Crippen LogP contribution >= 0.6 is 38.9 Å². The number of hydrogen-bond donors (Lipinski definition) is 0. The van der Waals surface area contributed by atoms with E-state index >= 15 is 0 Å². The van der Waals surface area contributed by atoms with Crippen molar-refractivity contribution in [1.82, 2.24) is 0 Å². The second-order valence-electron chi connectivity index (χ2n) is 4.85. The van der Waals surface area contributed by atoms with Gasteiger partial charge in [0.1, 0.15) is 0 Å². The summed E-state index contributed by atoms with van der Waals surface area (Å²) in [6, 6.07) is 4.00. The van der Waals surface area contributed by atoms with Gasteiger partial charge in [-0.3, -0.25) is 0 Å². The molecule has 94 valence electrons. The summed E-state index contributed by atoms with van der Waals surface area (Å²) in [5.74, 6) is 0.952. The monoisotopic (exact) mass is 348 g/mol. The number of rotatable bonds is 0. The summed E-state index contributed by atoms with van der Waals surface area (Å²) >= 11 is 11.9. The van der Waals surface area contributed by atoms with Gasteiger partial charge in [-0.2, -0.15) is 0 Å². The Labute approximate surface area is 129 Å². The van der Waals surface area contributed by atoms with E-state index in [0.29, 0.717) is 11.8 Å². The molecule has 2 unspecified atom stereocenters. The summed E-state index contributed by atoms with van der Waals surface area (Å²) < 4.78 is 2.39. The maximum absolute atomic E-state index is 6.40. The van der Waals surface area contributed by atoms with Crippen LogP contribution in [0.15, 0.2) is 47.0 Å². The molecular formula is C16H10BrClS. The fraction of sp³-hybridized carbons (Fsp3) is 0.125. The highest BCUT2D eigenvalue weighted by molar-refractivity contribution is 9.10. The SMILES string of the molecule is Clc1ccc(Br)c2sc3c(c12)C=CC1C=CC=CC31. The summed E-state index contributed by atoms with van der Waals surface area (Å²) in [5.41, 5.74) is 1.30. The number of fused-ring (bicyclic) bond motifs is 5. The Balaban J connectivity index is 2.06. The molecule has 2 aromatic rings. The van der Waals surface area contributed by atoms with Crippen LogP contribution in [0.25, 0.3) is 16.2 Å². The van der Waals surface area contributed by atoms with Crippen molar-refractivity contribution in [3.05, 3.63) is 62.4 Å². The van der Waals surface area contributed by atoms with Crippen LogP contribution < -0.4 is 0 Å². The Morgan fingerprint density at radius 3 is 2.84 bits per heavy atom. The van der Waals surface area contributed by atoms with Gasteiger partial charge in [-0.25, -0.2) is 0 Å². The largest absolute Gasteiger partial charge is 0.138 e. The van der Waals surface area contributed by atoms with Gasteiger partial charge in [0.2, 0.25) is 0 Å². The van der Waals surface area contributed by atoms with Gasteiger partial charge in [0.05, 0.1) is 4.70 Å². The van der Waals surface area contributed by atoms with Crippen molar-refractivity contribution < 1.29 is 0 Å². The molecule has 0 saturated heterocycles. The maximum Gasteiger partial charge on any atom is 0.0509 e. The molecule has 4 rings (SSSR count). The van der Waals surface area contributed by atoms with Gasteiger partial charge in [-0.05, 0) is 33.6 Å². The molecule has 2 aliphatic rings. The van der Waals surface area contributed by atoms with Crippen molar-refractivity contribution in [3.8, 4) is 0 Å². The smallest absolute Gasteiger partial charge is 0.0509 e. The Hall–Kier alpha value is -0.830. The first kappa shape index (κ1) is 12.0. The highest BCUT2D eigenvalue weighted by Crippen LogP contribution is 2.48. The molecule has 2 aliphatic carbocycles. The second-order valence-corrected chi connectivity index (χ2v) is 7.16. The minimum Gasteiger partial charge on any atom is -0.138 e. The lowest BCUT2D eigenvalue weighted by Gasteiger charge is -2.24. The molecule has 1 aromatic carbocycles. The third-order valence-corrected chi connectivity index (χ3v) is 6.35. The molecule has 1 aromatic heterocycles. The van der Waals surface area contributed by atoms with E-state index in [1.807, 2.05) is 23.5 Å². The summed E-state index contributed by atoms with van der Waals surface area (Å²) in [6.07, 6.45) is 13.4. The van der Waals surface area contributed by atoms with Gasteiger partial charge in [-0.1, -0.05) is 48.1 Å². The van der Waals surface area contributed by atoms with Crippen LogP contribution in [0.5, 0.6) is 0 Å². The van der Waals surface area contributed by atoms with Crippen LogP contribution in [-0.4, -0.2) is 0 Å². The van der Waals surface area contributed by atoms with Crippen LogP contribution in [0.3, 0.4) is 0 Å². The lowest BCUT2D eigenvalue weighted by atomic mass is 9.81. The van der Waals surface area contributed by atoms with E-state index in [4.69, 9.17) is 11.6 Å². The lowest BCUT2D eigenvalue weighted by molar-refractivity contribution is 0.705. The standard InChI is InChI=1S/C16H10BrClS/c17-12-7-8-13(18)14-11-6-5-9-3-1-2-4-10(9)15(11)19-16(12)14/h1-10H. The number of benzene rings is 1. The zero-order valence-electron chi connectivity index (χ0n) is 9.94. The fourth-order valence-corrected chi connectivity index (χ4v) is 5.11. The van der Waals surface area contributed by atoms with E-state index in [1.54, 1.807) is 0 Å². The van der Waals surface area contributed by atoms with Gasteiger partial charge in [0.25, 0.3) is 0 Å². The molecule has 0 nitrogen and oxygen atoms in total. The van der Waals surface area contributed by atoms with Crippen LogP contribution in [0.2, 0.25) is 5.02 Å². The molecule has 0 N–H and O–H groups in total. The Morgan fingerprint density at radius 1 is 1.11 bits per heavy atom. The van der Waals surface area contributed by atoms with E-state index in [9.17, 15) is 0 Å². The molecule has 1 heterocycles. The minimum absolute atomic E-state index is 0.463. The fourth-order valence-electron chi connectivity index (χ4n) is 2.86. The summed E-state index contributed by atoms with van der Waals surface area (Å²) in [7, 11) is 0. The predicted molar refractivity (Wildman–Crippen MR) is 88.1 cm³/mol. The molecule has 0 spiro atoms. The van der Waals surface area contributed by atoms with Gasteiger partial charge in [-0.15, -0.1) is 11.3 Å². The first-order chi connectivity index (χ1) is 9.25. The third kappa shape index (κ3) is 1.70. The quantitative estimate of drug-likeness (QED) is 0.533.